The van der Waals surface area contributed by atoms with Crippen LogP contribution in [0.4, 0.5) is 5.82 Å². The molecule has 0 amide bonds. The van der Waals surface area contributed by atoms with Gasteiger partial charge in [-0.2, -0.15) is 0 Å². The van der Waals surface area contributed by atoms with E-state index in [0.717, 1.165) is 18.9 Å². The maximum atomic E-state index is 3.36. The lowest BCUT2D eigenvalue weighted by Crippen LogP contribution is -2.24. The molecule has 1 aromatic rings. The maximum Gasteiger partial charge on any atom is 0.103 e. The van der Waals surface area contributed by atoms with E-state index in [-0.39, 0.29) is 0 Å². The Morgan fingerprint density at radius 3 is 2.85 bits per heavy atom. The number of nitrogens with one attached hydrogen (secondary N) is 3. The predicted molar refractivity (Wildman–Crippen MR) is 57.0 cm³/mol. The molecule has 0 saturated heterocycles. The van der Waals surface area contributed by atoms with Gasteiger partial charge in [0.25, 0.3) is 0 Å². The van der Waals surface area contributed by atoms with Crippen molar-refractivity contribution >= 4 is 5.82 Å². The van der Waals surface area contributed by atoms with Crippen LogP contribution in [0.1, 0.15) is 13.3 Å². The van der Waals surface area contributed by atoms with Gasteiger partial charge in [0.15, 0.2) is 0 Å². The third-order valence-corrected chi connectivity index (χ3v) is 2.25. The zero-order valence-electron chi connectivity index (χ0n) is 8.43. The molecule has 0 aromatic carbocycles. The number of hydrogen-bond donors (Lipinski definition) is 3. The summed E-state index contributed by atoms with van der Waals surface area (Å²) in [7, 11) is 2.00. The fourth-order valence-electron chi connectivity index (χ4n) is 1.34. The van der Waals surface area contributed by atoms with E-state index in [1.807, 2.05) is 25.4 Å². The summed E-state index contributed by atoms with van der Waals surface area (Å²) in [5.74, 6) is 1.81. The van der Waals surface area contributed by atoms with Crippen molar-refractivity contribution in [2.24, 2.45) is 5.92 Å². The van der Waals surface area contributed by atoms with Crippen LogP contribution in [-0.2, 0) is 0 Å². The van der Waals surface area contributed by atoms with Crippen molar-refractivity contribution in [3.05, 3.63) is 18.3 Å². The van der Waals surface area contributed by atoms with Gasteiger partial charge in [-0.15, -0.1) is 0 Å². The number of H-pyrrole nitrogens is 1. The van der Waals surface area contributed by atoms with E-state index in [1.54, 1.807) is 0 Å². The standard InChI is InChI=1S/C10H19N3/c1-3-9(7-11-2)8-13-10-5-4-6-12-10/h4-6,9,11-13H,3,7-8H2,1-2H3. The van der Waals surface area contributed by atoms with E-state index >= 15 is 0 Å². The van der Waals surface area contributed by atoms with Crippen LogP contribution in [0.3, 0.4) is 0 Å². The normalized spacial score (nSPS) is 12.8. The average molecular weight is 181 g/mol. The van der Waals surface area contributed by atoms with Crippen molar-refractivity contribution in [1.82, 2.24) is 10.3 Å². The largest absolute Gasteiger partial charge is 0.371 e. The van der Waals surface area contributed by atoms with Crippen molar-refractivity contribution in [3.63, 3.8) is 0 Å². The Bertz CT molecular complexity index is 206. The van der Waals surface area contributed by atoms with E-state index in [0.29, 0.717) is 5.92 Å². The Kier molecular flexibility index (Phi) is 4.40. The van der Waals surface area contributed by atoms with Gasteiger partial charge < -0.3 is 15.6 Å². The maximum absolute atomic E-state index is 3.36. The first-order chi connectivity index (χ1) is 6.36. The molecule has 1 heterocycles. The Balaban J connectivity index is 2.23. The molecule has 1 unspecified atom stereocenters. The van der Waals surface area contributed by atoms with Gasteiger partial charge in [-0.25, -0.2) is 0 Å². The molecule has 0 fully saturated rings. The number of rotatable bonds is 6. The molecule has 0 spiro atoms. The summed E-state index contributed by atoms with van der Waals surface area (Å²) in [6.07, 6.45) is 3.13. The molecule has 74 valence electrons. The van der Waals surface area contributed by atoms with Crippen LogP contribution in [0.5, 0.6) is 0 Å². The first-order valence-corrected chi connectivity index (χ1v) is 4.88. The minimum Gasteiger partial charge on any atom is -0.371 e. The van der Waals surface area contributed by atoms with Crippen LogP contribution in [0.25, 0.3) is 0 Å². The van der Waals surface area contributed by atoms with Gasteiger partial charge in [-0.3, -0.25) is 0 Å². The van der Waals surface area contributed by atoms with Gasteiger partial charge in [-0.1, -0.05) is 13.3 Å². The molecule has 1 rings (SSSR count). The lowest BCUT2D eigenvalue weighted by Gasteiger charge is -2.14. The molecule has 0 saturated carbocycles. The summed E-state index contributed by atoms with van der Waals surface area (Å²) in [6.45, 7) is 4.32. The summed E-state index contributed by atoms with van der Waals surface area (Å²) in [4.78, 5) is 3.13. The number of aromatic amines is 1. The number of anilines is 1. The third-order valence-electron chi connectivity index (χ3n) is 2.25. The number of aromatic nitrogens is 1. The van der Waals surface area contributed by atoms with Gasteiger partial charge in [-0.05, 0) is 31.6 Å². The second-order valence-corrected chi connectivity index (χ2v) is 3.30. The number of hydrogen-bond acceptors (Lipinski definition) is 2. The summed E-state index contributed by atoms with van der Waals surface area (Å²) in [6, 6.07) is 4.05. The molecular formula is C10H19N3. The highest BCUT2D eigenvalue weighted by Crippen LogP contribution is 2.05. The fourth-order valence-corrected chi connectivity index (χ4v) is 1.34. The minimum absolute atomic E-state index is 0.702. The Labute approximate surface area is 79.9 Å². The Hall–Kier alpha value is -0.960. The van der Waals surface area contributed by atoms with E-state index in [9.17, 15) is 0 Å². The highest BCUT2D eigenvalue weighted by atomic mass is 15.0. The van der Waals surface area contributed by atoms with Crippen LogP contribution >= 0.6 is 0 Å². The highest BCUT2D eigenvalue weighted by molar-refractivity contribution is 5.33. The molecular weight excluding hydrogens is 162 g/mol. The molecule has 1 atom stereocenters. The zero-order valence-corrected chi connectivity index (χ0v) is 8.43. The fraction of sp³-hybridized carbons (Fsp3) is 0.600. The predicted octanol–water partition coefficient (Wildman–Crippen LogP) is 1.67. The Morgan fingerprint density at radius 1 is 1.46 bits per heavy atom. The second-order valence-electron chi connectivity index (χ2n) is 3.30. The van der Waals surface area contributed by atoms with Gasteiger partial charge in [0, 0.05) is 12.7 Å². The highest BCUT2D eigenvalue weighted by Gasteiger charge is 2.03. The lowest BCUT2D eigenvalue weighted by molar-refractivity contribution is 0.506. The second kappa shape index (κ2) is 5.65. The molecule has 0 radical (unpaired) electrons. The molecule has 0 aliphatic carbocycles. The van der Waals surface area contributed by atoms with E-state index in [2.05, 4.69) is 22.5 Å². The topological polar surface area (TPSA) is 39.8 Å². The van der Waals surface area contributed by atoms with Gasteiger partial charge in [0.05, 0.1) is 0 Å². The smallest absolute Gasteiger partial charge is 0.103 e. The summed E-state index contributed by atoms with van der Waals surface area (Å²) in [5.41, 5.74) is 0. The van der Waals surface area contributed by atoms with Gasteiger partial charge in [0.1, 0.15) is 5.82 Å². The van der Waals surface area contributed by atoms with Gasteiger partial charge >= 0.3 is 0 Å². The van der Waals surface area contributed by atoms with Crippen molar-refractivity contribution in [1.29, 1.82) is 0 Å². The van der Waals surface area contributed by atoms with Crippen LogP contribution in [0.15, 0.2) is 18.3 Å². The average Bonchev–Trinajstić information content (AvgIpc) is 2.64. The summed E-state index contributed by atoms with van der Waals surface area (Å²) >= 11 is 0. The van der Waals surface area contributed by atoms with Crippen LogP contribution in [-0.4, -0.2) is 25.1 Å². The molecule has 13 heavy (non-hydrogen) atoms. The van der Waals surface area contributed by atoms with Gasteiger partial charge in [0.2, 0.25) is 0 Å². The molecule has 0 aliphatic heterocycles. The SMILES string of the molecule is CCC(CNC)CNc1ccc[nH]1. The Morgan fingerprint density at radius 2 is 2.31 bits per heavy atom. The van der Waals surface area contributed by atoms with Crippen LogP contribution in [0.2, 0.25) is 0 Å². The van der Waals surface area contributed by atoms with E-state index < -0.39 is 0 Å². The first-order valence-electron chi connectivity index (χ1n) is 4.88. The molecule has 3 heteroatoms. The van der Waals surface area contributed by atoms with Crippen molar-refractivity contribution in [2.45, 2.75) is 13.3 Å². The summed E-state index contributed by atoms with van der Waals surface area (Å²) < 4.78 is 0. The summed E-state index contributed by atoms with van der Waals surface area (Å²) in [5, 5.41) is 6.56. The first kappa shape index (κ1) is 10.1. The monoisotopic (exact) mass is 181 g/mol. The molecule has 3 nitrogen and oxygen atoms in total. The molecule has 0 bridgehead atoms. The molecule has 0 aliphatic rings. The van der Waals surface area contributed by atoms with E-state index in [4.69, 9.17) is 0 Å². The van der Waals surface area contributed by atoms with E-state index in [1.165, 1.54) is 6.42 Å². The minimum atomic E-state index is 0.702. The van der Waals surface area contributed by atoms with Crippen molar-refractivity contribution < 1.29 is 0 Å². The molecule has 3 N–H and O–H groups in total. The quantitative estimate of drug-likeness (QED) is 0.625. The van der Waals surface area contributed by atoms with Crippen LogP contribution in [0, 0.1) is 5.92 Å². The van der Waals surface area contributed by atoms with Crippen LogP contribution < -0.4 is 10.6 Å². The van der Waals surface area contributed by atoms with Crippen molar-refractivity contribution in [3.8, 4) is 0 Å². The third kappa shape index (κ3) is 3.51. The lowest BCUT2D eigenvalue weighted by atomic mass is 10.1. The molecule has 1 aromatic heterocycles. The van der Waals surface area contributed by atoms with Crippen molar-refractivity contribution in [2.75, 3.05) is 25.5 Å². The zero-order chi connectivity index (χ0) is 9.52.